The van der Waals surface area contributed by atoms with E-state index in [1.807, 2.05) is 18.2 Å². The number of fused-ring (bicyclic) bond motifs is 1. The molecule has 2 aromatic rings. The van der Waals surface area contributed by atoms with Gasteiger partial charge in [0.15, 0.2) is 0 Å². The first-order valence-corrected chi connectivity index (χ1v) is 7.88. The predicted octanol–water partition coefficient (Wildman–Crippen LogP) is 4.50. The number of nitrogens with two attached hydrogens (primary N) is 1. The highest BCUT2D eigenvalue weighted by Crippen LogP contribution is 2.31. The van der Waals surface area contributed by atoms with Crippen molar-refractivity contribution in [2.45, 2.75) is 31.9 Å². The zero-order chi connectivity index (χ0) is 14.8. The third-order valence-corrected chi connectivity index (χ3v) is 4.38. The lowest BCUT2D eigenvalue weighted by atomic mass is 9.88. The first kappa shape index (κ1) is 14.5. The first-order valence-electron chi connectivity index (χ1n) is 7.08. The molecule has 1 aliphatic carbocycles. The highest BCUT2D eigenvalue weighted by molar-refractivity contribution is 9.10. The van der Waals surface area contributed by atoms with Crippen molar-refractivity contribution in [3.63, 3.8) is 0 Å². The third-order valence-electron chi connectivity index (χ3n) is 3.89. The summed E-state index contributed by atoms with van der Waals surface area (Å²) in [6.07, 6.45) is 3.22. The van der Waals surface area contributed by atoms with Crippen LogP contribution in [0, 0.1) is 5.82 Å². The largest absolute Gasteiger partial charge is 0.489 e. The van der Waals surface area contributed by atoms with Gasteiger partial charge in [0.2, 0.25) is 0 Å². The molecule has 21 heavy (non-hydrogen) atoms. The van der Waals surface area contributed by atoms with Crippen LogP contribution in [0.4, 0.5) is 4.39 Å². The van der Waals surface area contributed by atoms with Crippen LogP contribution < -0.4 is 10.5 Å². The minimum atomic E-state index is -0.265. The summed E-state index contributed by atoms with van der Waals surface area (Å²) in [4.78, 5) is 0. The summed E-state index contributed by atoms with van der Waals surface area (Å²) in [5.41, 5.74) is 9.15. The molecule has 0 amide bonds. The summed E-state index contributed by atoms with van der Waals surface area (Å²) in [6, 6.07) is 11.1. The second kappa shape index (κ2) is 6.16. The van der Waals surface area contributed by atoms with Gasteiger partial charge in [-0.2, -0.15) is 0 Å². The van der Waals surface area contributed by atoms with Gasteiger partial charge in [-0.05, 0) is 54.7 Å². The van der Waals surface area contributed by atoms with E-state index in [1.165, 1.54) is 11.6 Å². The highest BCUT2D eigenvalue weighted by atomic mass is 79.9. The number of halogens is 2. The number of hydrogen-bond acceptors (Lipinski definition) is 2. The smallest absolute Gasteiger partial charge is 0.130 e. The van der Waals surface area contributed by atoms with Crippen LogP contribution in [0.1, 0.15) is 35.6 Å². The summed E-state index contributed by atoms with van der Waals surface area (Å²) >= 11 is 3.25. The average molecular weight is 350 g/mol. The Bertz CT molecular complexity index is 659. The van der Waals surface area contributed by atoms with Gasteiger partial charge < -0.3 is 10.5 Å². The van der Waals surface area contributed by atoms with E-state index in [0.29, 0.717) is 5.56 Å². The van der Waals surface area contributed by atoms with Crippen molar-refractivity contribution >= 4 is 15.9 Å². The van der Waals surface area contributed by atoms with Gasteiger partial charge in [-0.15, -0.1) is 0 Å². The molecule has 1 aliphatic rings. The van der Waals surface area contributed by atoms with Gasteiger partial charge in [-0.3, -0.25) is 0 Å². The normalized spacial score (nSPS) is 17.4. The summed E-state index contributed by atoms with van der Waals surface area (Å²) < 4.78 is 20.2. The van der Waals surface area contributed by atoms with Crippen molar-refractivity contribution < 1.29 is 9.13 Å². The Morgan fingerprint density at radius 3 is 2.90 bits per heavy atom. The summed E-state index contributed by atoms with van der Waals surface area (Å²) in [5, 5.41) is 0. The highest BCUT2D eigenvalue weighted by Gasteiger charge is 2.17. The van der Waals surface area contributed by atoms with Crippen LogP contribution in [0.5, 0.6) is 5.75 Å². The SMILES string of the molecule is NC1CCCc2ccc(OCc3ccc(Br)cc3F)cc21. The number of benzene rings is 2. The first-order chi connectivity index (χ1) is 10.1. The monoisotopic (exact) mass is 349 g/mol. The lowest BCUT2D eigenvalue weighted by Gasteiger charge is -2.22. The minimum absolute atomic E-state index is 0.0849. The van der Waals surface area contributed by atoms with Crippen LogP contribution in [0.2, 0.25) is 0 Å². The lowest BCUT2D eigenvalue weighted by Crippen LogP contribution is -2.17. The maximum atomic E-state index is 13.8. The molecular formula is C17H17BrFNO. The van der Waals surface area contributed by atoms with Crippen LogP contribution in [0.25, 0.3) is 0 Å². The fraction of sp³-hybridized carbons (Fsp3) is 0.294. The molecule has 4 heteroatoms. The quantitative estimate of drug-likeness (QED) is 0.884. The number of ether oxygens (including phenoxy) is 1. The van der Waals surface area contributed by atoms with Gasteiger partial charge in [-0.1, -0.05) is 28.1 Å². The molecule has 0 radical (unpaired) electrons. The van der Waals surface area contributed by atoms with Crippen molar-refractivity contribution in [1.82, 2.24) is 0 Å². The molecule has 110 valence electrons. The molecule has 1 atom stereocenters. The molecule has 2 N–H and O–H groups in total. The van der Waals surface area contributed by atoms with Crippen LogP contribution in [0.3, 0.4) is 0 Å². The molecule has 0 heterocycles. The number of rotatable bonds is 3. The molecule has 0 bridgehead atoms. The zero-order valence-electron chi connectivity index (χ0n) is 11.6. The molecule has 0 aromatic heterocycles. The van der Waals surface area contributed by atoms with Crippen molar-refractivity contribution in [2.24, 2.45) is 5.73 Å². The van der Waals surface area contributed by atoms with E-state index in [1.54, 1.807) is 6.07 Å². The minimum Gasteiger partial charge on any atom is -0.489 e. The molecule has 1 unspecified atom stereocenters. The number of aryl methyl sites for hydroxylation is 1. The average Bonchev–Trinajstić information content (AvgIpc) is 2.47. The van der Waals surface area contributed by atoms with E-state index in [2.05, 4.69) is 22.0 Å². The Kier molecular flexibility index (Phi) is 4.27. The Morgan fingerprint density at radius 2 is 2.10 bits per heavy atom. The molecule has 2 aromatic carbocycles. The number of hydrogen-bond donors (Lipinski definition) is 1. The molecule has 3 rings (SSSR count). The standard InChI is InChI=1S/C17H17BrFNO/c18-13-6-4-12(16(19)8-13)10-21-14-7-5-11-2-1-3-17(20)15(11)9-14/h4-9,17H,1-3,10,20H2. The van der Waals surface area contributed by atoms with Gasteiger partial charge in [-0.25, -0.2) is 4.39 Å². The van der Waals surface area contributed by atoms with Gasteiger partial charge >= 0.3 is 0 Å². The Hall–Kier alpha value is -1.39. The van der Waals surface area contributed by atoms with Crippen LogP contribution in [-0.4, -0.2) is 0 Å². The summed E-state index contributed by atoms with van der Waals surface area (Å²) in [7, 11) is 0. The van der Waals surface area contributed by atoms with E-state index >= 15 is 0 Å². The van der Waals surface area contributed by atoms with Gasteiger partial charge in [0.05, 0.1) is 0 Å². The molecule has 0 saturated heterocycles. The van der Waals surface area contributed by atoms with Crippen LogP contribution in [0.15, 0.2) is 40.9 Å². The zero-order valence-corrected chi connectivity index (χ0v) is 13.2. The van der Waals surface area contributed by atoms with Crippen LogP contribution >= 0.6 is 15.9 Å². The van der Waals surface area contributed by atoms with E-state index < -0.39 is 0 Å². The third kappa shape index (κ3) is 3.27. The van der Waals surface area contributed by atoms with E-state index in [9.17, 15) is 4.39 Å². The van der Waals surface area contributed by atoms with E-state index in [-0.39, 0.29) is 18.5 Å². The topological polar surface area (TPSA) is 35.2 Å². The Balaban J connectivity index is 1.75. The molecular weight excluding hydrogens is 333 g/mol. The molecule has 0 saturated carbocycles. The maximum absolute atomic E-state index is 13.8. The van der Waals surface area contributed by atoms with Crippen LogP contribution in [-0.2, 0) is 13.0 Å². The summed E-state index contributed by atoms with van der Waals surface area (Å²) in [5.74, 6) is 0.479. The van der Waals surface area contributed by atoms with Gasteiger partial charge in [0.25, 0.3) is 0 Å². The van der Waals surface area contributed by atoms with Gasteiger partial charge in [0.1, 0.15) is 18.2 Å². The second-order valence-corrected chi connectivity index (χ2v) is 6.30. The van der Waals surface area contributed by atoms with E-state index in [0.717, 1.165) is 35.0 Å². The fourth-order valence-electron chi connectivity index (χ4n) is 2.70. The van der Waals surface area contributed by atoms with E-state index in [4.69, 9.17) is 10.5 Å². The molecule has 0 spiro atoms. The molecule has 0 aliphatic heterocycles. The second-order valence-electron chi connectivity index (χ2n) is 5.38. The van der Waals surface area contributed by atoms with Gasteiger partial charge in [0, 0.05) is 16.1 Å². The lowest BCUT2D eigenvalue weighted by molar-refractivity contribution is 0.299. The van der Waals surface area contributed by atoms with Crippen molar-refractivity contribution in [3.05, 3.63) is 63.4 Å². The van der Waals surface area contributed by atoms with Crippen molar-refractivity contribution in [2.75, 3.05) is 0 Å². The fourth-order valence-corrected chi connectivity index (χ4v) is 3.04. The molecule has 2 nitrogen and oxygen atoms in total. The maximum Gasteiger partial charge on any atom is 0.130 e. The Labute approximate surface area is 132 Å². The predicted molar refractivity (Wildman–Crippen MR) is 84.7 cm³/mol. The Morgan fingerprint density at radius 1 is 1.24 bits per heavy atom. The van der Waals surface area contributed by atoms with Crippen molar-refractivity contribution in [3.8, 4) is 5.75 Å². The summed E-state index contributed by atoms with van der Waals surface area (Å²) in [6.45, 7) is 0.215. The molecule has 0 fully saturated rings. The van der Waals surface area contributed by atoms with Crippen molar-refractivity contribution in [1.29, 1.82) is 0 Å².